The molecule has 118 valence electrons. The molecule has 1 aromatic heterocycles. The summed E-state index contributed by atoms with van der Waals surface area (Å²) >= 11 is 0. The second-order valence-corrected chi connectivity index (χ2v) is 4.82. The maximum atomic E-state index is 12.2. The summed E-state index contributed by atoms with van der Waals surface area (Å²) in [6.07, 6.45) is 0. The van der Waals surface area contributed by atoms with Gasteiger partial charge in [0.05, 0.1) is 11.0 Å². The number of aryl methyl sites for hydroxylation is 1. The Bertz CT molecular complexity index is 600. The predicted molar refractivity (Wildman–Crippen MR) is 90.3 cm³/mol. The minimum atomic E-state index is 0. The van der Waals surface area contributed by atoms with Gasteiger partial charge in [0.2, 0.25) is 5.91 Å². The van der Waals surface area contributed by atoms with Crippen molar-refractivity contribution in [3.63, 3.8) is 0 Å². The van der Waals surface area contributed by atoms with Gasteiger partial charge in [0.1, 0.15) is 12.4 Å². The van der Waals surface area contributed by atoms with Gasteiger partial charge >= 0.3 is 0 Å². The highest BCUT2D eigenvalue weighted by atomic mass is 35.5. The molecule has 0 saturated heterocycles. The first-order chi connectivity index (χ1) is 9.04. The molecule has 1 heterocycles. The molecule has 1 amide bonds. The molecule has 0 saturated carbocycles. The second-order valence-electron chi connectivity index (χ2n) is 4.82. The quantitative estimate of drug-likeness (QED) is 0.931. The first kappa shape index (κ1) is 19.7. The van der Waals surface area contributed by atoms with Crippen molar-refractivity contribution < 1.29 is 4.79 Å². The molecule has 21 heavy (non-hydrogen) atoms. The number of hydrogen-bond acceptors (Lipinski definition) is 3. The Morgan fingerprint density at radius 3 is 2.62 bits per heavy atom. The van der Waals surface area contributed by atoms with Gasteiger partial charge < -0.3 is 15.2 Å². The van der Waals surface area contributed by atoms with Crippen LogP contribution in [0.15, 0.2) is 24.3 Å². The van der Waals surface area contributed by atoms with Crippen LogP contribution in [0.2, 0.25) is 0 Å². The van der Waals surface area contributed by atoms with Crippen LogP contribution in [0, 0.1) is 6.92 Å². The van der Waals surface area contributed by atoms with Gasteiger partial charge in [-0.15, -0.1) is 24.8 Å². The number of hydrogen-bond donors (Lipinski definition) is 1. The number of benzene rings is 1. The van der Waals surface area contributed by atoms with Crippen molar-refractivity contribution in [2.24, 2.45) is 5.73 Å². The summed E-state index contributed by atoms with van der Waals surface area (Å²) in [4.78, 5) is 18.4. The standard InChI is InChI=1S/C14H20N4O.2ClH/c1-10(8-15)17(3)14(19)9-18-11(2)16-12-6-4-5-7-13(12)18;;/h4-7,10H,8-9,15H2,1-3H3;2*1H. The Hall–Kier alpha value is -1.30. The lowest BCUT2D eigenvalue weighted by atomic mass is 10.3. The van der Waals surface area contributed by atoms with E-state index in [2.05, 4.69) is 4.98 Å². The summed E-state index contributed by atoms with van der Waals surface area (Å²) in [5.74, 6) is 0.896. The van der Waals surface area contributed by atoms with Crippen molar-refractivity contribution in [1.29, 1.82) is 0 Å². The van der Waals surface area contributed by atoms with E-state index >= 15 is 0 Å². The number of imidazole rings is 1. The molecule has 2 rings (SSSR count). The van der Waals surface area contributed by atoms with Crippen LogP contribution in [0.3, 0.4) is 0 Å². The van der Waals surface area contributed by atoms with Gasteiger partial charge in [-0.05, 0) is 26.0 Å². The normalized spacial score (nSPS) is 11.4. The van der Waals surface area contributed by atoms with Gasteiger partial charge in [0.25, 0.3) is 0 Å². The van der Waals surface area contributed by atoms with E-state index in [9.17, 15) is 4.79 Å². The molecule has 0 fully saturated rings. The topological polar surface area (TPSA) is 64.2 Å². The predicted octanol–water partition coefficient (Wildman–Crippen LogP) is 1.99. The fourth-order valence-corrected chi connectivity index (χ4v) is 2.05. The van der Waals surface area contributed by atoms with Crippen molar-refractivity contribution in [2.75, 3.05) is 13.6 Å². The summed E-state index contributed by atoms with van der Waals surface area (Å²) in [7, 11) is 1.79. The number of rotatable bonds is 4. The van der Waals surface area contributed by atoms with E-state index in [0.717, 1.165) is 16.9 Å². The molecule has 0 radical (unpaired) electrons. The van der Waals surface area contributed by atoms with Crippen LogP contribution in [0.1, 0.15) is 12.7 Å². The molecule has 1 atom stereocenters. The third-order valence-corrected chi connectivity index (χ3v) is 3.53. The van der Waals surface area contributed by atoms with E-state index in [1.807, 2.05) is 42.7 Å². The molecular formula is C14H22Cl2N4O. The Morgan fingerprint density at radius 1 is 1.38 bits per heavy atom. The molecule has 0 aliphatic carbocycles. The molecule has 1 unspecified atom stereocenters. The Labute approximate surface area is 137 Å². The summed E-state index contributed by atoms with van der Waals surface area (Å²) in [5.41, 5.74) is 7.50. The number of carbonyl (C=O) groups is 1. The van der Waals surface area contributed by atoms with Gasteiger partial charge in [-0.1, -0.05) is 12.1 Å². The van der Waals surface area contributed by atoms with Crippen molar-refractivity contribution in [3.05, 3.63) is 30.1 Å². The van der Waals surface area contributed by atoms with Gasteiger partial charge in [0, 0.05) is 19.6 Å². The third kappa shape index (κ3) is 4.09. The number of fused-ring (bicyclic) bond motifs is 1. The summed E-state index contributed by atoms with van der Waals surface area (Å²) in [6.45, 7) is 4.62. The number of para-hydroxylation sites is 2. The molecule has 5 nitrogen and oxygen atoms in total. The van der Waals surface area contributed by atoms with E-state index in [0.29, 0.717) is 13.1 Å². The lowest BCUT2D eigenvalue weighted by Crippen LogP contribution is -2.41. The van der Waals surface area contributed by atoms with Crippen molar-refractivity contribution in [1.82, 2.24) is 14.5 Å². The third-order valence-electron chi connectivity index (χ3n) is 3.53. The zero-order valence-electron chi connectivity index (χ0n) is 12.4. The van der Waals surface area contributed by atoms with Crippen LogP contribution in [-0.4, -0.2) is 40.0 Å². The second kappa shape index (κ2) is 8.22. The van der Waals surface area contributed by atoms with E-state index in [-0.39, 0.29) is 36.8 Å². The maximum Gasteiger partial charge on any atom is 0.242 e. The van der Waals surface area contributed by atoms with Crippen molar-refractivity contribution in [3.8, 4) is 0 Å². The van der Waals surface area contributed by atoms with E-state index in [1.165, 1.54) is 0 Å². The number of carbonyl (C=O) groups excluding carboxylic acids is 1. The zero-order valence-corrected chi connectivity index (χ0v) is 14.1. The van der Waals surface area contributed by atoms with Crippen LogP contribution in [0.4, 0.5) is 0 Å². The summed E-state index contributed by atoms with van der Waals surface area (Å²) < 4.78 is 1.94. The Morgan fingerprint density at radius 2 is 2.00 bits per heavy atom. The SMILES string of the molecule is Cc1nc2ccccc2n1CC(=O)N(C)C(C)CN.Cl.Cl. The van der Waals surface area contributed by atoms with Crippen molar-refractivity contribution in [2.45, 2.75) is 26.4 Å². The van der Waals surface area contributed by atoms with Gasteiger partial charge in [0.15, 0.2) is 0 Å². The minimum Gasteiger partial charge on any atom is -0.340 e. The Balaban J connectivity index is 0.00000200. The van der Waals surface area contributed by atoms with Crippen molar-refractivity contribution >= 4 is 41.8 Å². The van der Waals surface area contributed by atoms with Crippen LogP contribution in [-0.2, 0) is 11.3 Å². The molecule has 0 spiro atoms. The largest absolute Gasteiger partial charge is 0.340 e. The number of nitrogens with two attached hydrogens (primary N) is 1. The van der Waals surface area contributed by atoms with Gasteiger partial charge in [-0.3, -0.25) is 4.79 Å². The fourth-order valence-electron chi connectivity index (χ4n) is 2.05. The van der Waals surface area contributed by atoms with E-state index < -0.39 is 0 Å². The zero-order chi connectivity index (χ0) is 14.0. The highest BCUT2D eigenvalue weighted by Gasteiger charge is 2.17. The first-order valence-electron chi connectivity index (χ1n) is 6.42. The highest BCUT2D eigenvalue weighted by molar-refractivity contribution is 5.85. The van der Waals surface area contributed by atoms with Gasteiger partial charge in [-0.2, -0.15) is 0 Å². The first-order valence-corrected chi connectivity index (χ1v) is 6.42. The monoisotopic (exact) mass is 332 g/mol. The molecule has 7 heteroatoms. The highest BCUT2D eigenvalue weighted by Crippen LogP contribution is 2.15. The van der Waals surface area contributed by atoms with E-state index in [1.54, 1.807) is 11.9 Å². The van der Waals surface area contributed by atoms with E-state index in [4.69, 9.17) is 5.73 Å². The molecule has 0 aliphatic heterocycles. The lowest BCUT2D eigenvalue weighted by Gasteiger charge is -2.24. The van der Waals surface area contributed by atoms with Gasteiger partial charge in [-0.25, -0.2) is 4.98 Å². The lowest BCUT2D eigenvalue weighted by molar-refractivity contribution is -0.132. The molecule has 0 aliphatic rings. The maximum absolute atomic E-state index is 12.2. The smallest absolute Gasteiger partial charge is 0.242 e. The Kier molecular flexibility index (Phi) is 7.71. The van der Waals surface area contributed by atoms with Crippen LogP contribution >= 0.6 is 24.8 Å². The molecule has 2 N–H and O–H groups in total. The summed E-state index contributed by atoms with van der Waals surface area (Å²) in [5, 5.41) is 0. The summed E-state index contributed by atoms with van der Waals surface area (Å²) in [6, 6.07) is 7.88. The fraction of sp³-hybridized carbons (Fsp3) is 0.429. The molecule has 1 aromatic carbocycles. The number of aromatic nitrogens is 2. The average molecular weight is 333 g/mol. The minimum absolute atomic E-state index is 0. The number of amides is 1. The number of halogens is 2. The average Bonchev–Trinajstić information content (AvgIpc) is 2.73. The van der Waals surface area contributed by atoms with Crippen LogP contribution in [0.25, 0.3) is 11.0 Å². The number of nitrogens with zero attached hydrogens (tertiary/aromatic N) is 3. The van der Waals surface area contributed by atoms with Crippen LogP contribution in [0.5, 0.6) is 0 Å². The molecule has 0 bridgehead atoms. The molecular weight excluding hydrogens is 311 g/mol. The number of likely N-dealkylation sites (N-methyl/N-ethyl adjacent to an activating group) is 1. The molecule has 2 aromatic rings. The van der Waals surface area contributed by atoms with Crippen LogP contribution < -0.4 is 5.73 Å².